The number of hydrogen-bond acceptors (Lipinski definition) is 5. The van der Waals surface area contributed by atoms with Gasteiger partial charge in [-0.3, -0.25) is 10.1 Å². The number of methoxy groups -OCH3 is 1. The Morgan fingerprint density at radius 1 is 1.18 bits per heavy atom. The summed E-state index contributed by atoms with van der Waals surface area (Å²) in [5.74, 6) is 0.400. The van der Waals surface area contributed by atoms with Gasteiger partial charge in [0.05, 0.1) is 22.0 Å². The first kappa shape index (κ1) is 16.2. The van der Waals surface area contributed by atoms with Crippen LogP contribution in [0.2, 0.25) is 5.02 Å². The fraction of sp³-hybridized carbons (Fsp3) is 0.0769. The largest absolute Gasteiger partial charge is 0.497 e. The van der Waals surface area contributed by atoms with Crippen LogP contribution in [0.4, 0.5) is 5.69 Å². The smallest absolute Gasteiger partial charge is 0.270 e. The van der Waals surface area contributed by atoms with Crippen LogP contribution >= 0.6 is 11.6 Å². The van der Waals surface area contributed by atoms with Crippen LogP contribution in [0, 0.1) is 10.1 Å². The normalized spacial score (nSPS) is 11.2. The lowest BCUT2D eigenvalue weighted by Gasteiger charge is -2.11. The van der Waals surface area contributed by atoms with Crippen LogP contribution in [0.25, 0.3) is 11.1 Å². The van der Waals surface area contributed by atoms with Crippen LogP contribution in [-0.4, -0.2) is 20.5 Å². The molecule has 22 heavy (non-hydrogen) atoms. The molecule has 0 bridgehead atoms. The molecule has 0 unspecified atom stereocenters. The maximum absolute atomic E-state index is 11.7. The Bertz CT molecular complexity index is 852. The molecule has 0 saturated carbocycles. The average Bonchev–Trinajstić information content (AvgIpc) is 2.45. The topological polar surface area (TPSA) is 113 Å². The van der Waals surface area contributed by atoms with Crippen LogP contribution in [0.3, 0.4) is 0 Å². The molecule has 0 radical (unpaired) electrons. The molecule has 0 atom stereocenters. The average molecular weight is 343 g/mol. The molecular formula is C13H11ClN2O5S. The number of halogens is 1. The fourth-order valence-electron chi connectivity index (χ4n) is 1.93. The minimum absolute atomic E-state index is 0.0346. The first-order chi connectivity index (χ1) is 10.2. The van der Waals surface area contributed by atoms with E-state index in [1.807, 2.05) is 0 Å². The SMILES string of the molecule is COc1ccc(S(N)(=O)=O)c(-c2ccc([N+](=O)[O-])cc2Cl)c1. The highest BCUT2D eigenvalue weighted by atomic mass is 35.5. The van der Waals surface area contributed by atoms with Crippen LogP contribution in [0.1, 0.15) is 0 Å². The molecule has 2 N–H and O–H groups in total. The standard InChI is InChI=1S/C13H11ClN2O5S/c1-21-9-3-5-13(22(15,19)20)11(7-9)10-4-2-8(16(17)18)6-12(10)14/h2-7H,1H3,(H2,15,19,20). The molecule has 0 aromatic heterocycles. The van der Waals surface area contributed by atoms with Gasteiger partial charge in [-0.25, -0.2) is 13.6 Å². The summed E-state index contributed by atoms with van der Waals surface area (Å²) in [6, 6.07) is 7.93. The van der Waals surface area contributed by atoms with Gasteiger partial charge in [0.1, 0.15) is 5.75 Å². The molecule has 2 aromatic carbocycles. The molecule has 116 valence electrons. The molecule has 0 aliphatic carbocycles. The first-order valence-corrected chi connectivity index (χ1v) is 7.81. The van der Waals surface area contributed by atoms with Gasteiger partial charge < -0.3 is 4.74 Å². The van der Waals surface area contributed by atoms with Crippen LogP contribution < -0.4 is 9.88 Å². The lowest BCUT2D eigenvalue weighted by Crippen LogP contribution is -2.13. The van der Waals surface area contributed by atoms with Gasteiger partial charge in [0.2, 0.25) is 10.0 Å². The molecule has 2 aromatic rings. The van der Waals surface area contributed by atoms with Gasteiger partial charge in [0, 0.05) is 23.3 Å². The summed E-state index contributed by atoms with van der Waals surface area (Å²) < 4.78 is 28.5. The van der Waals surface area contributed by atoms with Crippen molar-refractivity contribution in [3.8, 4) is 16.9 Å². The Balaban J connectivity index is 2.73. The molecule has 0 aliphatic rings. The Morgan fingerprint density at radius 2 is 1.86 bits per heavy atom. The van der Waals surface area contributed by atoms with Gasteiger partial charge in [-0.15, -0.1) is 0 Å². The summed E-state index contributed by atoms with van der Waals surface area (Å²) in [6.07, 6.45) is 0. The van der Waals surface area contributed by atoms with E-state index in [1.54, 1.807) is 0 Å². The van der Waals surface area contributed by atoms with Crippen LogP contribution in [0.15, 0.2) is 41.3 Å². The van der Waals surface area contributed by atoms with Gasteiger partial charge in [-0.1, -0.05) is 11.6 Å². The van der Waals surface area contributed by atoms with Crippen molar-refractivity contribution in [2.75, 3.05) is 7.11 Å². The molecule has 0 saturated heterocycles. The van der Waals surface area contributed by atoms with Gasteiger partial charge >= 0.3 is 0 Å². The number of benzene rings is 2. The van der Waals surface area contributed by atoms with Gasteiger partial charge in [0.25, 0.3) is 5.69 Å². The summed E-state index contributed by atoms with van der Waals surface area (Å²) in [5, 5.41) is 16.0. The highest BCUT2D eigenvalue weighted by molar-refractivity contribution is 7.89. The number of primary sulfonamides is 1. The zero-order valence-electron chi connectivity index (χ0n) is 11.3. The predicted molar refractivity (Wildman–Crippen MR) is 81.5 cm³/mol. The zero-order valence-corrected chi connectivity index (χ0v) is 12.9. The predicted octanol–water partition coefficient (Wildman–Crippen LogP) is 2.57. The number of nitro benzene ring substituents is 1. The molecular weight excluding hydrogens is 332 g/mol. The van der Waals surface area contributed by atoms with E-state index in [0.29, 0.717) is 11.3 Å². The quantitative estimate of drug-likeness (QED) is 0.677. The van der Waals surface area contributed by atoms with E-state index < -0.39 is 14.9 Å². The number of rotatable bonds is 4. The monoisotopic (exact) mass is 342 g/mol. The van der Waals surface area contributed by atoms with E-state index in [0.717, 1.165) is 6.07 Å². The minimum atomic E-state index is -4.00. The van der Waals surface area contributed by atoms with Crippen molar-refractivity contribution in [1.82, 2.24) is 0 Å². The molecule has 0 amide bonds. The number of nitrogens with zero attached hydrogens (tertiary/aromatic N) is 1. The first-order valence-electron chi connectivity index (χ1n) is 5.89. The lowest BCUT2D eigenvalue weighted by molar-refractivity contribution is -0.384. The number of nitrogens with two attached hydrogens (primary N) is 1. The Hall–Kier alpha value is -2.16. The maximum Gasteiger partial charge on any atom is 0.270 e. The third-order valence-electron chi connectivity index (χ3n) is 2.95. The van der Waals surface area contributed by atoms with Crippen LogP contribution in [-0.2, 0) is 10.0 Å². The summed E-state index contributed by atoms with van der Waals surface area (Å²) in [6.45, 7) is 0. The molecule has 0 aliphatic heterocycles. The second kappa shape index (κ2) is 5.91. The van der Waals surface area contributed by atoms with Crippen molar-refractivity contribution in [3.05, 3.63) is 51.5 Å². The minimum Gasteiger partial charge on any atom is -0.497 e. The Kier molecular flexibility index (Phi) is 4.36. The van der Waals surface area contributed by atoms with Crippen molar-refractivity contribution in [3.63, 3.8) is 0 Å². The molecule has 9 heteroatoms. The molecule has 7 nitrogen and oxygen atoms in total. The molecule has 0 fully saturated rings. The van der Waals surface area contributed by atoms with E-state index in [-0.39, 0.29) is 21.2 Å². The molecule has 2 rings (SSSR count). The van der Waals surface area contributed by atoms with Gasteiger partial charge in [-0.2, -0.15) is 0 Å². The number of hydrogen-bond donors (Lipinski definition) is 1. The van der Waals surface area contributed by atoms with E-state index >= 15 is 0 Å². The lowest BCUT2D eigenvalue weighted by atomic mass is 10.0. The number of ether oxygens (including phenoxy) is 1. The van der Waals surface area contributed by atoms with Crippen molar-refractivity contribution in [2.24, 2.45) is 5.14 Å². The van der Waals surface area contributed by atoms with E-state index in [1.165, 1.54) is 37.4 Å². The third-order valence-corrected chi connectivity index (χ3v) is 4.23. The second-order valence-electron chi connectivity index (χ2n) is 4.33. The summed E-state index contributed by atoms with van der Waals surface area (Å²) in [7, 11) is -2.57. The third kappa shape index (κ3) is 3.19. The summed E-state index contributed by atoms with van der Waals surface area (Å²) in [5.41, 5.74) is 0.311. The summed E-state index contributed by atoms with van der Waals surface area (Å²) in [4.78, 5) is 9.99. The fourth-order valence-corrected chi connectivity index (χ4v) is 2.94. The maximum atomic E-state index is 11.7. The number of nitro groups is 1. The van der Waals surface area contributed by atoms with Gasteiger partial charge in [0.15, 0.2) is 0 Å². The zero-order chi connectivity index (χ0) is 16.5. The Labute approximate surface area is 131 Å². The van der Waals surface area contributed by atoms with E-state index in [2.05, 4.69) is 0 Å². The van der Waals surface area contributed by atoms with Gasteiger partial charge in [-0.05, 0) is 24.3 Å². The second-order valence-corrected chi connectivity index (χ2v) is 6.27. The summed E-state index contributed by atoms with van der Waals surface area (Å²) >= 11 is 6.04. The highest BCUT2D eigenvalue weighted by Gasteiger charge is 2.19. The highest BCUT2D eigenvalue weighted by Crippen LogP contribution is 2.36. The van der Waals surface area contributed by atoms with E-state index in [4.69, 9.17) is 21.5 Å². The molecule has 0 heterocycles. The van der Waals surface area contributed by atoms with Crippen molar-refractivity contribution >= 4 is 27.3 Å². The van der Waals surface area contributed by atoms with E-state index in [9.17, 15) is 18.5 Å². The number of non-ortho nitro benzene ring substituents is 1. The van der Waals surface area contributed by atoms with Crippen molar-refractivity contribution in [1.29, 1.82) is 0 Å². The Morgan fingerprint density at radius 3 is 2.36 bits per heavy atom. The van der Waals surface area contributed by atoms with Crippen molar-refractivity contribution < 1.29 is 18.1 Å². The molecule has 0 spiro atoms. The van der Waals surface area contributed by atoms with Crippen LogP contribution in [0.5, 0.6) is 5.75 Å². The van der Waals surface area contributed by atoms with Crippen molar-refractivity contribution in [2.45, 2.75) is 4.90 Å². The number of sulfonamides is 1.